The molecule has 3 nitrogen and oxygen atoms in total. The van der Waals surface area contributed by atoms with Crippen LogP contribution in [-0.2, 0) is 0 Å². The van der Waals surface area contributed by atoms with Crippen molar-refractivity contribution in [3.63, 3.8) is 0 Å². The zero-order valence-corrected chi connectivity index (χ0v) is 11.5. The van der Waals surface area contributed by atoms with Gasteiger partial charge in [0.25, 0.3) is 0 Å². The van der Waals surface area contributed by atoms with Crippen LogP contribution >= 0.6 is 22.6 Å². The summed E-state index contributed by atoms with van der Waals surface area (Å²) < 4.78 is 3.09. The van der Waals surface area contributed by atoms with Crippen LogP contribution in [-0.4, -0.2) is 9.78 Å². The van der Waals surface area contributed by atoms with Crippen molar-refractivity contribution >= 4 is 28.4 Å². The van der Waals surface area contributed by atoms with Gasteiger partial charge in [-0.3, -0.25) is 0 Å². The molecule has 1 heterocycles. The Balaban J connectivity index is 2.33. The van der Waals surface area contributed by atoms with E-state index in [0.29, 0.717) is 11.5 Å². The Morgan fingerprint density at radius 1 is 1.53 bits per heavy atom. The van der Waals surface area contributed by atoms with Gasteiger partial charge in [-0.2, -0.15) is 5.10 Å². The van der Waals surface area contributed by atoms with E-state index in [1.165, 1.54) is 25.7 Å². The first kappa shape index (κ1) is 11.2. The lowest BCUT2D eigenvalue weighted by molar-refractivity contribution is 0.135. The van der Waals surface area contributed by atoms with E-state index in [-0.39, 0.29) is 0 Å². The number of hydrogen-bond donors (Lipinski definition) is 1. The highest BCUT2D eigenvalue weighted by Gasteiger charge is 2.35. The van der Waals surface area contributed by atoms with Crippen LogP contribution in [0.15, 0.2) is 6.20 Å². The minimum atomic E-state index is 0.321. The second-order valence-electron chi connectivity index (χ2n) is 5.07. The Kier molecular flexibility index (Phi) is 2.96. The molecule has 1 aromatic rings. The van der Waals surface area contributed by atoms with Crippen LogP contribution in [0.1, 0.15) is 45.6 Å². The Hall–Kier alpha value is -0.260. The van der Waals surface area contributed by atoms with Gasteiger partial charge in [0, 0.05) is 0 Å². The lowest BCUT2D eigenvalue weighted by atomic mass is 9.73. The molecule has 1 unspecified atom stereocenters. The third-order valence-corrected chi connectivity index (χ3v) is 4.36. The molecule has 1 aromatic heterocycles. The number of aromatic nitrogens is 2. The van der Waals surface area contributed by atoms with Gasteiger partial charge in [-0.25, -0.2) is 4.68 Å². The summed E-state index contributed by atoms with van der Waals surface area (Å²) in [4.78, 5) is 0. The van der Waals surface area contributed by atoms with Gasteiger partial charge in [0.05, 0.1) is 15.8 Å². The van der Waals surface area contributed by atoms with E-state index in [4.69, 9.17) is 5.73 Å². The Morgan fingerprint density at radius 2 is 2.27 bits per heavy atom. The number of halogens is 1. The molecule has 1 fully saturated rings. The van der Waals surface area contributed by atoms with Crippen molar-refractivity contribution in [2.45, 2.75) is 45.6 Å². The molecule has 0 saturated heterocycles. The fourth-order valence-corrected chi connectivity index (χ4v) is 2.90. The predicted molar refractivity (Wildman–Crippen MR) is 70.6 cm³/mol. The average molecular weight is 319 g/mol. The monoisotopic (exact) mass is 319 g/mol. The van der Waals surface area contributed by atoms with Crippen LogP contribution in [0.2, 0.25) is 0 Å². The molecular weight excluding hydrogens is 301 g/mol. The minimum absolute atomic E-state index is 0.321. The first-order chi connectivity index (χ1) is 7.02. The fourth-order valence-electron chi connectivity index (χ4n) is 2.53. The van der Waals surface area contributed by atoms with Crippen molar-refractivity contribution in [1.29, 1.82) is 0 Å². The topological polar surface area (TPSA) is 43.8 Å². The molecule has 15 heavy (non-hydrogen) atoms. The summed E-state index contributed by atoms with van der Waals surface area (Å²) in [6.07, 6.45) is 6.97. The molecule has 1 aliphatic carbocycles. The largest absolute Gasteiger partial charge is 0.383 e. The fraction of sp³-hybridized carbons (Fsp3) is 0.727. The highest BCUT2D eigenvalue weighted by Crippen LogP contribution is 2.44. The SMILES string of the molecule is CC1(C)CCCCC1n1ncc(I)c1N. The van der Waals surface area contributed by atoms with Gasteiger partial charge in [0.2, 0.25) is 0 Å². The molecule has 0 amide bonds. The number of nitrogens with zero attached hydrogens (tertiary/aromatic N) is 2. The highest BCUT2D eigenvalue weighted by atomic mass is 127. The van der Waals surface area contributed by atoms with Crippen molar-refractivity contribution in [3.05, 3.63) is 9.77 Å². The van der Waals surface area contributed by atoms with Crippen molar-refractivity contribution < 1.29 is 0 Å². The van der Waals surface area contributed by atoms with E-state index >= 15 is 0 Å². The summed E-state index contributed by atoms with van der Waals surface area (Å²) in [5, 5.41) is 4.42. The molecule has 1 saturated carbocycles. The van der Waals surface area contributed by atoms with E-state index in [0.717, 1.165) is 9.39 Å². The van der Waals surface area contributed by atoms with Gasteiger partial charge in [0.15, 0.2) is 0 Å². The molecule has 1 aliphatic rings. The van der Waals surface area contributed by atoms with Gasteiger partial charge in [0.1, 0.15) is 5.82 Å². The number of nitrogens with two attached hydrogens (primary N) is 1. The average Bonchev–Trinajstić information content (AvgIpc) is 2.48. The molecule has 0 aliphatic heterocycles. The molecule has 2 rings (SSSR count). The van der Waals surface area contributed by atoms with Crippen molar-refractivity contribution in [3.8, 4) is 0 Å². The van der Waals surface area contributed by atoms with Crippen LogP contribution in [0.25, 0.3) is 0 Å². The summed E-state index contributed by atoms with van der Waals surface area (Å²) in [6, 6.07) is 0.467. The first-order valence-corrected chi connectivity index (χ1v) is 6.59. The van der Waals surface area contributed by atoms with Crippen LogP contribution in [0.5, 0.6) is 0 Å². The number of anilines is 1. The Morgan fingerprint density at radius 3 is 2.80 bits per heavy atom. The predicted octanol–water partition coefficient (Wildman–Crippen LogP) is 3.21. The van der Waals surface area contributed by atoms with Gasteiger partial charge in [-0.15, -0.1) is 0 Å². The van der Waals surface area contributed by atoms with Crippen LogP contribution in [0, 0.1) is 8.99 Å². The van der Waals surface area contributed by atoms with E-state index in [1.54, 1.807) is 0 Å². The lowest BCUT2D eigenvalue weighted by Crippen LogP contribution is -2.31. The quantitative estimate of drug-likeness (QED) is 0.808. The van der Waals surface area contributed by atoms with Gasteiger partial charge >= 0.3 is 0 Å². The molecule has 2 N–H and O–H groups in total. The number of rotatable bonds is 1. The van der Waals surface area contributed by atoms with Gasteiger partial charge < -0.3 is 5.73 Å². The van der Waals surface area contributed by atoms with Crippen LogP contribution in [0.4, 0.5) is 5.82 Å². The summed E-state index contributed by atoms with van der Waals surface area (Å²) >= 11 is 2.24. The van der Waals surface area contributed by atoms with E-state index in [1.807, 2.05) is 10.9 Å². The maximum absolute atomic E-state index is 6.05. The zero-order valence-electron chi connectivity index (χ0n) is 9.33. The Labute approximate surface area is 105 Å². The summed E-state index contributed by atoms with van der Waals surface area (Å²) in [7, 11) is 0. The van der Waals surface area contributed by atoms with Gasteiger partial charge in [-0.05, 0) is 40.8 Å². The van der Waals surface area contributed by atoms with Crippen molar-refractivity contribution in [1.82, 2.24) is 9.78 Å². The molecule has 0 bridgehead atoms. The van der Waals surface area contributed by atoms with Crippen molar-refractivity contribution in [2.75, 3.05) is 5.73 Å². The normalized spacial score (nSPS) is 25.4. The molecule has 84 valence electrons. The second-order valence-corrected chi connectivity index (χ2v) is 6.23. The zero-order chi connectivity index (χ0) is 11.1. The number of hydrogen-bond acceptors (Lipinski definition) is 2. The van der Waals surface area contributed by atoms with E-state index in [2.05, 4.69) is 41.5 Å². The molecular formula is C11H18IN3. The standard InChI is InChI=1S/C11H18IN3/c1-11(2)6-4-3-5-9(11)15-10(13)8(12)7-14-15/h7,9H,3-6,13H2,1-2H3. The number of nitrogen functional groups attached to an aromatic ring is 1. The molecule has 0 spiro atoms. The minimum Gasteiger partial charge on any atom is -0.383 e. The summed E-state index contributed by atoms with van der Waals surface area (Å²) in [5.41, 5.74) is 6.37. The van der Waals surface area contributed by atoms with Crippen molar-refractivity contribution in [2.24, 2.45) is 5.41 Å². The van der Waals surface area contributed by atoms with Gasteiger partial charge in [-0.1, -0.05) is 26.7 Å². The first-order valence-electron chi connectivity index (χ1n) is 5.51. The highest BCUT2D eigenvalue weighted by molar-refractivity contribution is 14.1. The smallest absolute Gasteiger partial charge is 0.135 e. The maximum Gasteiger partial charge on any atom is 0.135 e. The van der Waals surface area contributed by atoms with E-state index in [9.17, 15) is 0 Å². The molecule has 0 radical (unpaired) electrons. The third-order valence-electron chi connectivity index (χ3n) is 3.53. The summed E-state index contributed by atoms with van der Waals surface area (Å²) in [6.45, 7) is 4.65. The second kappa shape index (κ2) is 3.96. The Bertz CT molecular complexity index is 357. The van der Waals surface area contributed by atoms with E-state index < -0.39 is 0 Å². The third kappa shape index (κ3) is 2.00. The molecule has 0 aromatic carbocycles. The summed E-state index contributed by atoms with van der Waals surface area (Å²) in [5.74, 6) is 0.829. The van der Waals surface area contributed by atoms with Crippen LogP contribution in [0.3, 0.4) is 0 Å². The molecule has 4 heteroatoms. The molecule has 1 atom stereocenters. The lowest BCUT2D eigenvalue weighted by Gasteiger charge is -2.39. The van der Waals surface area contributed by atoms with Crippen LogP contribution < -0.4 is 5.73 Å². The maximum atomic E-state index is 6.05.